The number of carboxylic acid groups (broad SMARTS) is 1. The first-order valence-corrected chi connectivity index (χ1v) is 7.32. The van der Waals surface area contributed by atoms with Crippen molar-refractivity contribution in [2.45, 2.75) is 51.9 Å². The fourth-order valence-electron chi connectivity index (χ4n) is 2.39. The lowest BCUT2D eigenvalue weighted by Gasteiger charge is -2.26. The molecule has 0 spiro atoms. The molecule has 0 aromatic heterocycles. The molecule has 0 radical (unpaired) electrons. The van der Waals surface area contributed by atoms with Gasteiger partial charge in [0, 0.05) is 5.92 Å². The average molecular weight is 296 g/mol. The van der Waals surface area contributed by atoms with Gasteiger partial charge in [-0.05, 0) is 31.0 Å². The first-order chi connectivity index (χ1) is 9.97. The molecule has 0 saturated heterocycles. The topological polar surface area (TPSA) is 55.8 Å². The quantitative estimate of drug-likeness (QED) is 0.810. The van der Waals surface area contributed by atoms with Gasteiger partial charge in [0.2, 0.25) is 6.29 Å². The molecule has 4 nitrogen and oxygen atoms in total. The van der Waals surface area contributed by atoms with Crippen LogP contribution in [0.3, 0.4) is 0 Å². The van der Waals surface area contributed by atoms with Crippen LogP contribution >= 0.6 is 0 Å². The summed E-state index contributed by atoms with van der Waals surface area (Å²) in [7, 11) is 0. The largest absolute Gasteiger partial charge is 0.478 e. The van der Waals surface area contributed by atoms with E-state index in [-0.39, 0.29) is 23.3 Å². The zero-order chi connectivity index (χ0) is 15.4. The zero-order valence-electron chi connectivity index (χ0n) is 12.3. The minimum atomic E-state index is -1.11. The van der Waals surface area contributed by atoms with Gasteiger partial charge in [0.15, 0.2) is 11.6 Å². The number of benzene rings is 1. The summed E-state index contributed by atoms with van der Waals surface area (Å²) in [5, 5.41) is 8.96. The maximum atomic E-state index is 13.8. The summed E-state index contributed by atoms with van der Waals surface area (Å²) >= 11 is 0. The second kappa shape index (κ2) is 6.89. The molecule has 1 aliphatic rings. The standard InChI is InChI=1S/C16H21FO4/c1-10(2)16(20-12-5-3-4-6-12)21-14-9-11(15(18)19)7-8-13(14)17/h7-10,12,16H,3-6H2,1-2H3,(H,18,19). The van der Waals surface area contributed by atoms with Crippen molar-refractivity contribution in [3.8, 4) is 5.75 Å². The third-order valence-corrected chi connectivity index (χ3v) is 3.59. The van der Waals surface area contributed by atoms with Crippen molar-refractivity contribution < 1.29 is 23.8 Å². The Morgan fingerprint density at radius 1 is 1.33 bits per heavy atom. The molecule has 1 unspecified atom stereocenters. The Kier molecular flexibility index (Phi) is 5.17. The molecular weight excluding hydrogens is 275 g/mol. The molecule has 1 atom stereocenters. The number of hydrogen-bond acceptors (Lipinski definition) is 3. The lowest BCUT2D eigenvalue weighted by molar-refractivity contribution is -0.141. The van der Waals surface area contributed by atoms with Gasteiger partial charge in [-0.15, -0.1) is 0 Å². The molecule has 5 heteroatoms. The van der Waals surface area contributed by atoms with E-state index < -0.39 is 18.1 Å². The molecule has 1 N–H and O–H groups in total. The van der Waals surface area contributed by atoms with E-state index in [0.29, 0.717) is 0 Å². The first kappa shape index (κ1) is 15.8. The molecular formula is C16H21FO4. The highest BCUT2D eigenvalue weighted by atomic mass is 19.1. The van der Waals surface area contributed by atoms with Gasteiger partial charge < -0.3 is 14.6 Å². The van der Waals surface area contributed by atoms with Gasteiger partial charge >= 0.3 is 5.97 Å². The highest BCUT2D eigenvalue weighted by molar-refractivity contribution is 5.88. The van der Waals surface area contributed by atoms with Crippen LogP contribution in [0.2, 0.25) is 0 Å². The molecule has 0 heterocycles. The fraction of sp³-hybridized carbons (Fsp3) is 0.562. The Bertz CT molecular complexity index is 495. The van der Waals surface area contributed by atoms with E-state index in [1.807, 2.05) is 13.8 Å². The van der Waals surface area contributed by atoms with E-state index in [1.165, 1.54) is 12.1 Å². The smallest absolute Gasteiger partial charge is 0.335 e. The minimum absolute atomic E-state index is 0.00484. The third-order valence-electron chi connectivity index (χ3n) is 3.59. The van der Waals surface area contributed by atoms with Crippen LogP contribution in [0, 0.1) is 11.7 Å². The van der Waals surface area contributed by atoms with Crippen molar-refractivity contribution in [3.05, 3.63) is 29.6 Å². The van der Waals surface area contributed by atoms with Gasteiger partial charge in [-0.2, -0.15) is 0 Å². The number of hydrogen-bond donors (Lipinski definition) is 1. The maximum Gasteiger partial charge on any atom is 0.335 e. The Hall–Kier alpha value is -1.62. The van der Waals surface area contributed by atoms with Gasteiger partial charge in [-0.3, -0.25) is 0 Å². The molecule has 1 aromatic rings. The van der Waals surface area contributed by atoms with Crippen molar-refractivity contribution in [1.82, 2.24) is 0 Å². The monoisotopic (exact) mass is 296 g/mol. The van der Waals surface area contributed by atoms with Gasteiger partial charge in [-0.1, -0.05) is 26.7 Å². The Labute approximate surface area is 123 Å². The van der Waals surface area contributed by atoms with Crippen LogP contribution in [0.5, 0.6) is 5.75 Å². The van der Waals surface area contributed by atoms with E-state index in [2.05, 4.69) is 0 Å². The Morgan fingerprint density at radius 3 is 2.57 bits per heavy atom. The van der Waals surface area contributed by atoms with Crippen molar-refractivity contribution in [2.24, 2.45) is 5.92 Å². The molecule has 1 saturated carbocycles. The van der Waals surface area contributed by atoms with E-state index in [9.17, 15) is 9.18 Å². The predicted octanol–water partition coefficient (Wildman–Crippen LogP) is 3.84. The summed E-state index contributed by atoms with van der Waals surface area (Å²) < 4.78 is 25.3. The van der Waals surface area contributed by atoms with Gasteiger partial charge in [0.25, 0.3) is 0 Å². The molecule has 116 valence electrons. The van der Waals surface area contributed by atoms with Crippen LogP contribution in [0.1, 0.15) is 49.9 Å². The highest BCUT2D eigenvalue weighted by Gasteiger charge is 2.25. The molecule has 1 aromatic carbocycles. The summed E-state index contributed by atoms with van der Waals surface area (Å²) in [5.74, 6) is -1.73. The number of ether oxygens (including phenoxy) is 2. The van der Waals surface area contributed by atoms with Gasteiger partial charge in [0.1, 0.15) is 0 Å². The molecule has 0 aliphatic heterocycles. The number of aromatic carboxylic acids is 1. The van der Waals surface area contributed by atoms with Gasteiger partial charge in [-0.25, -0.2) is 9.18 Å². The Balaban J connectivity index is 2.11. The maximum absolute atomic E-state index is 13.8. The summed E-state index contributed by atoms with van der Waals surface area (Å²) in [6.07, 6.45) is 3.82. The second-order valence-corrected chi connectivity index (χ2v) is 5.72. The lowest BCUT2D eigenvalue weighted by atomic mass is 10.2. The van der Waals surface area contributed by atoms with Crippen LogP contribution in [0.25, 0.3) is 0 Å². The number of carboxylic acids is 1. The minimum Gasteiger partial charge on any atom is -0.478 e. The van der Waals surface area contributed by atoms with Crippen LogP contribution in [0.15, 0.2) is 18.2 Å². The number of rotatable bonds is 6. The highest BCUT2D eigenvalue weighted by Crippen LogP contribution is 2.27. The lowest BCUT2D eigenvalue weighted by Crippen LogP contribution is -2.31. The van der Waals surface area contributed by atoms with Crippen molar-refractivity contribution >= 4 is 5.97 Å². The van der Waals surface area contributed by atoms with E-state index in [0.717, 1.165) is 31.7 Å². The number of halogens is 1. The molecule has 2 rings (SSSR count). The predicted molar refractivity (Wildman–Crippen MR) is 76.0 cm³/mol. The average Bonchev–Trinajstić information content (AvgIpc) is 2.92. The molecule has 21 heavy (non-hydrogen) atoms. The van der Waals surface area contributed by atoms with E-state index >= 15 is 0 Å². The van der Waals surface area contributed by atoms with E-state index in [4.69, 9.17) is 14.6 Å². The normalized spacial score (nSPS) is 17.1. The fourth-order valence-corrected chi connectivity index (χ4v) is 2.39. The Morgan fingerprint density at radius 2 is 2.00 bits per heavy atom. The van der Waals surface area contributed by atoms with Gasteiger partial charge in [0.05, 0.1) is 11.7 Å². The molecule has 0 amide bonds. The number of carbonyl (C=O) groups is 1. The van der Waals surface area contributed by atoms with Crippen LogP contribution < -0.4 is 4.74 Å². The van der Waals surface area contributed by atoms with E-state index in [1.54, 1.807) is 0 Å². The SMILES string of the molecule is CC(C)C(Oc1cc(C(=O)O)ccc1F)OC1CCCC1. The zero-order valence-corrected chi connectivity index (χ0v) is 12.3. The molecule has 0 bridgehead atoms. The van der Waals surface area contributed by atoms with Crippen LogP contribution in [-0.4, -0.2) is 23.5 Å². The van der Waals surface area contributed by atoms with Crippen molar-refractivity contribution in [1.29, 1.82) is 0 Å². The third kappa shape index (κ3) is 4.17. The summed E-state index contributed by atoms with van der Waals surface area (Å²) in [5.41, 5.74) is -0.00484. The van der Waals surface area contributed by atoms with Crippen molar-refractivity contribution in [3.63, 3.8) is 0 Å². The van der Waals surface area contributed by atoms with Crippen LogP contribution in [-0.2, 0) is 4.74 Å². The second-order valence-electron chi connectivity index (χ2n) is 5.72. The van der Waals surface area contributed by atoms with Crippen LogP contribution in [0.4, 0.5) is 4.39 Å². The first-order valence-electron chi connectivity index (χ1n) is 7.32. The van der Waals surface area contributed by atoms with Crippen molar-refractivity contribution in [2.75, 3.05) is 0 Å². The summed E-state index contributed by atoms with van der Waals surface area (Å²) in [6.45, 7) is 3.86. The summed E-state index contributed by atoms with van der Waals surface area (Å²) in [6, 6.07) is 3.52. The molecule has 1 fully saturated rings. The summed E-state index contributed by atoms with van der Waals surface area (Å²) in [4.78, 5) is 11.0. The molecule has 1 aliphatic carbocycles.